The number of hydrogen-bond donors (Lipinski definition) is 2. The second kappa shape index (κ2) is 4.92. The Morgan fingerprint density at radius 3 is 2.67 bits per heavy atom. The number of nitrogens with one attached hydrogen (secondary N) is 1. The summed E-state index contributed by atoms with van der Waals surface area (Å²) in [7, 11) is 0. The summed E-state index contributed by atoms with van der Waals surface area (Å²) in [6.45, 7) is 0. The zero-order valence-electron chi connectivity index (χ0n) is 8.62. The number of hydrazine groups is 1. The lowest BCUT2D eigenvalue weighted by Crippen LogP contribution is -2.32. The van der Waals surface area contributed by atoms with Crippen LogP contribution in [0.25, 0.3) is 0 Å². The van der Waals surface area contributed by atoms with E-state index < -0.39 is 0 Å². The number of rotatable bonds is 3. The normalized spacial score (nSPS) is 19.3. The van der Waals surface area contributed by atoms with Crippen LogP contribution in [0.1, 0.15) is 37.3 Å². The molecule has 1 aliphatic rings. The van der Waals surface area contributed by atoms with Crippen molar-refractivity contribution in [2.45, 2.75) is 31.7 Å². The van der Waals surface area contributed by atoms with E-state index in [2.05, 4.69) is 10.4 Å². The monoisotopic (exact) mass is 225 g/mol. The molecule has 0 aliphatic heterocycles. The second-order valence-corrected chi connectivity index (χ2v) is 4.49. The molecule has 1 aromatic heterocycles. The molecule has 0 radical (unpaired) electrons. The number of nitrogens with zero attached hydrogens (tertiary/aromatic N) is 1. The molecule has 1 atom stereocenters. The van der Waals surface area contributed by atoms with Crippen LogP contribution in [0, 0.1) is 5.92 Å². The summed E-state index contributed by atoms with van der Waals surface area (Å²) in [6, 6.07) is 4.03. The molecule has 3 nitrogen and oxygen atoms in total. The summed E-state index contributed by atoms with van der Waals surface area (Å²) in [6.07, 6.45) is 6.92. The number of pyridine rings is 1. The first kappa shape index (κ1) is 10.9. The fraction of sp³-hybridized carbons (Fsp3) is 0.545. The van der Waals surface area contributed by atoms with E-state index in [4.69, 9.17) is 17.4 Å². The van der Waals surface area contributed by atoms with Gasteiger partial charge in [-0.2, -0.15) is 0 Å². The van der Waals surface area contributed by atoms with Gasteiger partial charge in [-0.15, -0.1) is 0 Å². The molecule has 82 valence electrons. The number of nitrogens with two attached hydrogens (primary N) is 1. The first-order valence-electron chi connectivity index (χ1n) is 5.39. The molecule has 1 unspecified atom stereocenters. The van der Waals surface area contributed by atoms with E-state index in [1.165, 1.54) is 25.7 Å². The molecule has 1 saturated carbocycles. The molecule has 4 heteroatoms. The maximum atomic E-state index is 5.76. The summed E-state index contributed by atoms with van der Waals surface area (Å²) in [5.41, 5.74) is 4.03. The Bertz CT molecular complexity index is 306. The fourth-order valence-corrected chi connectivity index (χ4v) is 2.48. The van der Waals surface area contributed by atoms with E-state index in [-0.39, 0.29) is 6.04 Å². The van der Waals surface area contributed by atoms with Gasteiger partial charge in [0.25, 0.3) is 0 Å². The van der Waals surface area contributed by atoms with Crippen molar-refractivity contribution in [1.82, 2.24) is 10.4 Å². The number of halogens is 1. The molecule has 0 saturated heterocycles. The Labute approximate surface area is 95.0 Å². The summed E-state index contributed by atoms with van der Waals surface area (Å²) in [5.74, 6) is 6.25. The molecule has 1 heterocycles. The zero-order valence-corrected chi connectivity index (χ0v) is 9.37. The van der Waals surface area contributed by atoms with Crippen molar-refractivity contribution in [2.75, 3.05) is 0 Å². The molecular formula is C11H16ClN3. The molecule has 0 spiro atoms. The number of aromatic nitrogens is 1. The minimum absolute atomic E-state index is 0.220. The lowest BCUT2D eigenvalue weighted by molar-refractivity contribution is 0.373. The van der Waals surface area contributed by atoms with E-state index in [1.54, 1.807) is 0 Å². The average Bonchev–Trinajstić information content (AvgIpc) is 2.75. The maximum absolute atomic E-state index is 5.76. The third kappa shape index (κ3) is 2.48. The Morgan fingerprint density at radius 1 is 1.40 bits per heavy atom. The molecule has 0 bridgehead atoms. The van der Waals surface area contributed by atoms with Crippen LogP contribution in [-0.4, -0.2) is 4.98 Å². The Morgan fingerprint density at radius 2 is 2.13 bits per heavy atom. The van der Waals surface area contributed by atoms with Gasteiger partial charge >= 0.3 is 0 Å². The van der Waals surface area contributed by atoms with Crippen LogP contribution in [-0.2, 0) is 0 Å². The van der Waals surface area contributed by atoms with E-state index in [1.807, 2.05) is 18.3 Å². The van der Waals surface area contributed by atoms with Crippen LogP contribution >= 0.6 is 11.6 Å². The third-order valence-electron chi connectivity index (χ3n) is 3.16. The van der Waals surface area contributed by atoms with Crippen molar-refractivity contribution in [3.8, 4) is 0 Å². The van der Waals surface area contributed by atoms with Gasteiger partial charge in [-0.25, -0.2) is 4.98 Å². The van der Waals surface area contributed by atoms with Crippen molar-refractivity contribution < 1.29 is 0 Å². The third-order valence-corrected chi connectivity index (χ3v) is 3.38. The fourth-order valence-electron chi connectivity index (χ4n) is 2.37. The largest absolute Gasteiger partial charge is 0.271 e. The predicted molar refractivity (Wildman–Crippen MR) is 61.3 cm³/mol. The minimum Gasteiger partial charge on any atom is -0.271 e. The van der Waals surface area contributed by atoms with Crippen LogP contribution in [0.3, 0.4) is 0 Å². The van der Waals surface area contributed by atoms with E-state index in [0.717, 1.165) is 5.56 Å². The van der Waals surface area contributed by atoms with Crippen molar-refractivity contribution >= 4 is 11.6 Å². The molecule has 15 heavy (non-hydrogen) atoms. The Hall–Kier alpha value is -0.640. The SMILES string of the molecule is NNC(c1ccc(Cl)nc1)C1CCCC1. The average molecular weight is 226 g/mol. The quantitative estimate of drug-likeness (QED) is 0.472. The molecule has 1 aromatic rings. The van der Waals surface area contributed by atoms with Crippen LogP contribution in [0.15, 0.2) is 18.3 Å². The first-order valence-corrected chi connectivity index (χ1v) is 5.76. The molecule has 1 fully saturated rings. The highest BCUT2D eigenvalue weighted by atomic mass is 35.5. The van der Waals surface area contributed by atoms with Gasteiger partial charge in [-0.1, -0.05) is 30.5 Å². The van der Waals surface area contributed by atoms with Crippen LogP contribution in [0.4, 0.5) is 0 Å². The topological polar surface area (TPSA) is 50.9 Å². The van der Waals surface area contributed by atoms with Crippen molar-refractivity contribution in [1.29, 1.82) is 0 Å². The van der Waals surface area contributed by atoms with Gasteiger partial charge in [-0.3, -0.25) is 11.3 Å². The lowest BCUT2D eigenvalue weighted by atomic mass is 9.93. The zero-order chi connectivity index (χ0) is 10.7. The van der Waals surface area contributed by atoms with Crippen LogP contribution < -0.4 is 11.3 Å². The Kier molecular flexibility index (Phi) is 3.57. The molecule has 0 aromatic carbocycles. The van der Waals surface area contributed by atoms with Crippen molar-refractivity contribution in [3.05, 3.63) is 29.0 Å². The van der Waals surface area contributed by atoms with Gasteiger partial charge in [0.15, 0.2) is 0 Å². The van der Waals surface area contributed by atoms with E-state index in [0.29, 0.717) is 11.1 Å². The predicted octanol–water partition coefficient (Wildman–Crippen LogP) is 2.43. The van der Waals surface area contributed by atoms with Crippen LogP contribution in [0.5, 0.6) is 0 Å². The highest BCUT2D eigenvalue weighted by molar-refractivity contribution is 6.29. The Balaban J connectivity index is 2.14. The summed E-state index contributed by atoms with van der Waals surface area (Å²) < 4.78 is 0. The van der Waals surface area contributed by atoms with E-state index in [9.17, 15) is 0 Å². The van der Waals surface area contributed by atoms with Crippen LogP contribution in [0.2, 0.25) is 5.15 Å². The highest BCUT2D eigenvalue weighted by Gasteiger charge is 2.25. The summed E-state index contributed by atoms with van der Waals surface area (Å²) in [4.78, 5) is 4.09. The minimum atomic E-state index is 0.220. The molecular weight excluding hydrogens is 210 g/mol. The summed E-state index contributed by atoms with van der Waals surface area (Å²) in [5, 5.41) is 0.529. The highest BCUT2D eigenvalue weighted by Crippen LogP contribution is 2.35. The molecule has 1 aliphatic carbocycles. The lowest BCUT2D eigenvalue weighted by Gasteiger charge is -2.22. The first-order chi connectivity index (χ1) is 7.31. The van der Waals surface area contributed by atoms with Crippen molar-refractivity contribution in [3.63, 3.8) is 0 Å². The van der Waals surface area contributed by atoms with Crippen molar-refractivity contribution in [2.24, 2.45) is 11.8 Å². The molecule has 0 amide bonds. The van der Waals surface area contributed by atoms with Gasteiger partial charge in [0.2, 0.25) is 0 Å². The molecule has 3 N–H and O–H groups in total. The standard InChI is InChI=1S/C11H16ClN3/c12-10-6-5-9(7-14-10)11(15-13)8-3-1-2-4-8/h5-8,11,15H,1-4,13H2. The summed E-state index contributed by atoms with van der Waals surface area (Å²) >= 11 is 5.76. The van der Waals surface area contributed by atoms with Gasteiger partial charge in [0.05, 0.1) is 6.04 Å². The maximum Gasteiger partial charge on any atom is 0.129 e. The van der Waals surface area contributed by atoms with Gasteiger partial charge in [0.1, 0.15) is 5.15 Å². The second-order valence-electron chi connectivity index (χ2n) is 4.10. The van der Waals surface area contributed by atoms with E-state index >= 15 is 0 Å². The van der Waals surface area contributed by atoms with Gasteiger partial charge in [-0.05, 0) is 30.4 Å². The number of hydrogen-bond acceptors (Lipinski definition) is 3. The smallest absolute Gasteiger partial charge is 0.129 e. The van der Waals surface area contributed by atoms with Gasteiger partial charge < -0.3 is 0 Å². The van der Waals surface area contributed by atoms with Gasteiger partial charge in [0, 0.05) is 6.20 Å². The molecule has 2 rings (SSSR count).